The van der Waals surface area contributed by atoms with Crippen molar-refractivity contribution in [2.45, 2.75) is 56.4 Å². The Bertz CT molecular complexity index is 1070. The third-order valence-corrected chi connectivity index (χ3v) is 7.52. The Hall–Kier alpha value is -2.11. The van der Waals surface area contributed by atoms with Crippen molar-refractivity contribution in [1.82, 2.24) is 14.6 Å². The van der Waals surface area contributed by atoms with Crippen LogP contribution in [0.4, 0.5) is 5.13 Å². The second kappa shape index (κ2) is 9.80. The average molecular weight is 477 g/mol. The summed E-state index contributed by atoms with van der Waals surface area (Å²) in [6, 6.07) is 6.51. The molecule has 1 saturated carbocycles. The summed E-state index contributed by atoms with van der Waals surface area (Å²) in [5.74, 6) is -0.286. The van der Waals surface area contributed by atoms with Gasteiger partial charge in [0.15, 0.2) is 5.13 Å². The molecule has 1 aromatic heterocycles. The first-order chi connectivity index (χ1) is 15.3. The molecule has 32 heavy (non-hydrogen) atoms. The Kier molecular flexibility index (Phi) is 7.06. The molecule has 2 heterocycles. The maximum Gasteiger partial charge on any atom is 0.250 e. The maximum absolute atomic E-state index is 12.3. The Balaban J connectivity index is 1.29. The highest BCUT2D eigenvalue weighted by Gasteiger charge is 2.27. The normalized spacial score (nSPS) is 22.3. The molecule has 8 nitrogen and oxygen atoms in total. The number of ether oxygens (including phenoxy) is 1. The molecule has 0 bridgehead atoms. The van der Waals surface area contributed by atoms with Crippen molar-refractivity contribution in [3.05, 3.63) is 47.0 Å². The van der Waals surface area contributed by atoms with E-state index in [0.29, 0.717) is 5.13 Å². The number of amides is 1. The fourth-order valence-corrected chi connectivity index (χ4v) is 5.65. The van der Waals surface area contributed by atoms with Crippen molar-refractivity contribution in [2.24, 2.45) is 0 Å². The van der Waals surface area contributed by atoms with E-state index >= 15 is 0 Å². The van der Waals surface area contributed by atoms with Crippen LogP contribution in [0.2, 0.25) is 0 Å². The van der Waals surface area contributed by atoms with Gasteiger partial charge in [0.2, 0.25) is 15.9 Å². The minimum absolute atomic E-state index is 0.0654. The molecule has 1 aliphatic carbocycles. The molecule has 1 aliphatic heterocycles. The van der Waals surface area contributed by atoms with Gasteiger partial charge in [-0.2, -0.15) is 0 Å². The molecule has 0 radical (unpaired) electrons. The lowest BCUT2D eigenvalue weighted by Crippen LogP contribution is -2.44. The van der Waals surface area contributed by atoms with Gasteiger partial charge in [0.05, 0.1) is 22.8 Å². The van der Waals surface area contributed by atoms with Crippen LogP contribution >= 0.6 is 11.3 Å². The van der Waals surface area contributed by atoms with Crippen molar-refractivity contribution >= 4 is 38.5 Å². The summed E-state index contributed by atoms with van der Waals surface area (Å²) in [7, 11) is -3.47. The van der Waals surface area contributed by atoms with E-state index in [1.807, 2.05) is 5.38 Å². The smallest absolute Gasteiger partial charge is 0.250 e. The predicted molar refractivity (Wildman–Crippen MR) is 125 cm³/mol. The fourth-order valence-electron chi connectivity index (χ4n) is 3.65. The van der Waals surface area contributed by atoms with E-state index in [0.717, 1.165) is 43.7 Å². The van der Waals surface area contributed by atoms with Crippen molar-refractivity contribution in [1.29, 1.82) is 0 Å². The van der Waals surface area contributed by atoms with Crippen LogP contribution in [-0.4, -0.2) is 55.5 Å². The molecular weight excluding hydrogens is 448 g/mol. The van der Waals surface area contributed by atoms with Gasteiger partial charge in [0.25, 0.3) is 0 Å². The number of hydrogen-bond acceptors (Lipinski definition) is 7. The summed E-state index contributed by atoms with van der Waals surface area (Å²) in [6.45, 7) is 6.59. The lowest BCUT2D eigenvalue weighted by Gasteiger charge is -2.34. The van der Waals surface area contributed by atoms with Crippen molar-refractivity contribution in [3.8, 4) is 0 Å². The first-order valence-electron chi connectivity index (χ1n) is 10.7. The van der Waals surface area contributed by atoms with Crippen LogP contribution in [0.3, 0.4) is 0 Å². The number of morpholine rings is 1. The number of nitrogens with one attached hydrogen (secondary N) is 2. The third kappa shape index (κ3) is 6.46. The molecule has 2 aromatic rings. The highest BCUT2D eigenvalue weighted by atomic mass is 32.2. The van der Waals surface area contributed by atoms with Gasteiger partial charge in [-0.05, 0) is 50.5 Å². The van der Waals surface area contributed by atoms with E-state index < -0.39 is 10.0 Å². The number of rotatable bonds is 8. The van der Waals surface area contributed by atoms with Gasteiger partial charge in [0, 0.05) is 37.1 Å². The van der Waals surface area contributed by atoms with E-state index in [2.05, 4.69) is 33.8 Å². The molecule has 1 saturated heterocycles. The molecule has 2 fully saturated rings. The van der Waals surface area contributed by atoms with E-state index in [-0.39, 0.29) is 29.1 Å². The van der Waals surface area contributed by atoms with Crippen LogP contribution in [0.1, 0.15) is 37.9 Å². The number of thiazole rings is 1. The van der Waals surface area contributed by atoms with E-state index in [1.54, 1.807) is 30.3 Å². The van der Waals surface area contributed by atoms with E-state index in [1.165, 1.54) is 17.4 Å². The van der Waals surface area contributed by atoms with Gasteiger partial charge in [-0.25, -0.2) is 18.1 Å². The number of hydrogen-bond donors (Lipinski definition) is 2. The number of carbonyl (C=O) groups excluding carboxylic acids is 1. The summed E-state index contributed by atoms with van der Waals surface area (Å²) < 4.78 is 32.8. The van der Waals surface area contributed by atoms with Gasteiger partial charge in [-0.3, -0.25) is 15.0 Å². The number of sulfonamides is 1. The summed E-state index contributed by atoms with van der Waals surface area (Å²) in [4.78, 5) is 19.3. The predicted octanol–water partition coefficient (Wildman–Crippen LogP) is 2.84. The third-order valence-electron chi connectivity index (χ3n) is 5.18. The van der Waals surface area contributed by atoms with Crippen molar-refractivity contribution in [2.75, 3.05) is 18.4 Å². The molecule has 2 unspecified atom stereocenters. The topological polar surface area (TPSA) is 101 Å². The maximum atomic E-state index is 12.3. The Morgan fingerprint density at radius 2 is 1.91 bits per heavy atom. The quantitative estimate of drug-likeness (QED) is 0.569. The molecule has 1 aromatic carbocycles. The lowest BCUT2D eigenvalue weighted by atomic mass is 10.2. The summed E-state index contributed by atoms with van der Waals surface area (Å²) in [5, 5.41) is 5.29. The molecule has 172 valence electrons. The second-order valence-corrected chi connectivity index (χ2v) is 11.0. The minimum atomic E-state index is -3.47. The summed E-state index contributed by atoms with van der Waals surface area (Å²) in [6.07, 6.45) is 5.24. The molecule has 2 aliphatic rings. The Morgan fingerprint density at radius 3 is 2.56 bits per heavy atom. The van der Waals surface area contributed by atoms with Crippen LogP contribution in [0.25, 0.3) is 6.08 Å². The first kappa shape index (κ1) is 23.1. The zero-order chi connectivity index (χ0) is 22.7. The van der Waals surface area contributed by atoms with Gasteiger partial charge in [-0.15, -0.1) is 11.3 Å². The number of benzene rings is 1. The molecule has 0 spiro atoms. The van der Waals surface area contributed by atoms with Crippen LogP contribution in [0.15, 0.2) is 40.6 Å². The molecule has 2 N–H and O–H groups in total. The number of aromatic nitrogens is 1. The van der Waals surface area contributed by atoms with Crippen LogP contribution < -0.4 is 10.0 Å². The van der Waals surface area contributed by atoms with Gasteiger partial charge >= 0.3 is 0 Å². The average Bonchev–Trinajstić information content (AvgIpc) is 3.42. The largest absolute Gasteiger partial charge is 0.373 e. The summed E-state index contributed by atoms with van der Waals surface area (Å²) in [5.41, 5.74) is 1.66. The monoisotopic (exact) mass is 476 g/mol. The highest BCUT2D eigenvalue weighted by molar-refractivity contribution is 7.89. The molecular formula is C22H28N4O4S2. The number of carbonyl (C=O) groups is 1. The van der Waals surface area contributed by atoms with Crippen LogP contribution in [0, 0.1) is 0 Å². The minimum Gasteiger partial charge on any atom is -0.373 e. The van der Waals surface area contributed by atoms with Gasteiger partial charge < -0.3 is 4.74 Å². The zero-order valence-corrected chi connectivity index (χ0v) is 19.8. The molecule has 10 heteroatoms. The van der Waals surface area contributed by atoms with Crippen molar-refractivity contribution < 1.29 is 17.9 Å². The molecule has 1 amide bonds. The zero-order valence-electron chi connectivity index (χ0n) is 18.2. The molecule has 2 atom stereocenters. The highest BCUT2D eigenvalue weighted by Crippen LogP contribution is 2.23. The number of anilines is 1. The van der Waals surface area contributed by atoms with Crippen LogP contribution in [-0.2, 0) is 26.1 Å². The first-order valence-corrected chi connectivity index (χ1v) is 13.1. The fraction of sp³-hybridized carbons (Fsp3) is 0.455. The number of nitrogens with zero attached hydrogens (tertiary/aromatic N) is 2. The van der Waals surface area contributed by atoms with E-state index in [4.69, 9.17) is 4.74 Å². The van der Waals surface area contributed by atoms with Gasteiger partial charge in [-0.1, -0.05) is 12.1 Å². The molecule has 4 rings (SSSR count). The van der Waals surface area contributed by atoms with Crippen LogP contribution in [0.5, 0.6) is 0 Å². The summed E-state index contributed by atoms with van der Waals surface area (Å²) >= 11 is 1.40. The standard InChI is InChI=1S/C22H28N4O4S2/c1-15-11-26(12-16(2)30-15)13-19-14-31-22(23-19)24-21(27)10-5-17-3-8-20(9-4-17)32(28,29)25-18-6-7-18/h3-5,8-10,14-16,18,25H,6-7,11-13H2,1-2H3,(H,23,24,27)/b10-5+. The SMILES string of the molecule is CC1CN(Cc2csc(NC(=O)/C=C/c3ccc(S(=O)(=O)NC4CC4)cc3)n2)CC(C)O1. The lowest BCUT2D eigenvalue weighted by molar-refractivity contribution is -0.111. The second-order valence-electron chi connectivity index (χ2n) is 8.38. The Labute approximate surface area is 192 Å². The van der Waals surface area contributed by atoms with Gasteiger partial charge in [0.1, 0.15) is 0 Å². The van der Waals surface area contributed by atoms with Crippen molar-refractivity contribution in [3.63, 3.8) is 0 Å². The Morgan fingerprint density at radius 1 is 1.22 bits per heavy atom. The van der Waals surface area contributed by atoms with E-state index in [9.17, 15) is 13.2 Å².